The van der Waals surface area contributed by atoms with Crippen molar-refractivity contribution in [2.45, 2.75) is 44.5 Å². The highest BCUT2D eigenvalue weighted by atomic mass is 19.4. The molecule has 1 aliphatic rings. The van der Waals surface area contributed by atoms with Crippen molar-refractivity contribution < 1.29 is 17.9 Å². The van der Waals surface area contributed by atoms with Crippen molar-refractivity contribution in [2.24, 2.45) is 11.7 Å². The molecule has 0 saturated carbocycles. The highest BCUT2D eigenvalue weighted by Gasteiger charge is 2.33. The maximum atomic E-state index is 13.0. The van der Waals surface area contributed by atoms with Gasteiger partial charge in [0.15, 0.2) is 0 Å². The summed E-state index contributed by atoms with van der Waals surface area (Å²) in [6, 6.07) is 15.3. The Hall–Kier alpha value is -2.05. The van der Waals surface area contributed by atoms with Crippen molar-refractivity contribution >= 4 is 0 Å². The maximum absolute atomic E-state index is 13.0. The maximum Gasteiger partial charge on any atom is 0.416 e. The van der Waals surface area contributed by atoms with Crippen LogP contribution in [0.25, 0.3) is 0 Å². The Labute approximate surface area is 170 Å². The quantitative estimate of drug-likeness (QED) is 0.680. The molecule has 2 N–H and O–H groups in total. The number of hydrogen-bond acceptors (Lipinski definition) is 3. The molecule has 0 radical (unpaired) electrons. The Bertz CT molecular complexity index is 741. The van der Waals surface area contributed by atoms with E-state index in [4.69, 9.17) is 10.5 Å². The zero-order chi connectivity index (χ0) is 20.9. The van der Waals surface area contributed by atoms with Crippen LogP contribution in [0.5, 0.6) is 5.75 Å². The second kappa shape index (κ2) is 9.63. The lowest BCUT2D eigenvalue weighted by Crippen LogP contribution is -2.42. The number of ether oxygens (including phenoxy) is 1. The Morgan fingerprint density at radius 1 is 1.03 bits per heavy atom. The second-order valence-corrected chi connectivity index (χ2v) is 7.77. The third kappa shape index (κ3) is 5.73. The fourth-order valence-corrected chi connectivity index (χ4v) is 4.03. The molecule has 0 aliphatic carbocycles. The third-order valence-electron chi connectivity index (χ3n) is 5.78. The van der Waals surface area contributed by atoms with Gasteiger partial charge >= 0.3 is 6.18 Å². The van der Waals surface area contributed by atoms with E-state index < -0.39 is 11.7 Å². The van der Waals surface area contributed by atoms with Crippen molar-refractivity contribution in [1.29, 1.82) is 0 Å². The number of rotatable bonds is 7. The molecule has 6 heteroatoms. The Morgan fingerprint density at radius 2 is 1.66 bits per heavy atom. The average molecular weight is 406 g/mol. The zero-order valence-corrected chi connectivity index (χ0v) is 16.7. The van der Waals surface area contributed by atoms with Gasteiger partial charge in [-0.05, 0) is 75.6 Å². The first-order valence-electron chi connectivity index (χ1n) is 10.2. The summed E-state index contributed by atoms with van der Waals surface area (Å²) in [6.07, 6.45) is -1.76. The lowest BCUT2D eigenvalue weighted by molar-refractivity contribution is -0.137. The molecule has 2 aromatic carbocycles. The number of nitrogens with two attached hydrogens (primary N) is 1. The minimum absolute atomic E-state index is 0.244. The first-order valence-corrected chi connectivity index (χ1v) is 10.2. The molecular formula is C23H29F3N2O. The van der Waals surface area contributed by atoms with Crippen LogP contribution in [0.2, 0.25) is 0 Å². The normalized spacial score (nSPS) is 18.4. The molecule has 2 atom stereocenters. The topological polar surface area (TPSA) is 38.5 Å². The van der Waals surface area contributed by atoms with E-state index in [2.05, 4.69) is 11.8 Å². The summed E-state index contributed by atoms with van der Waals surface area (Å²) in [5, 5.41) is 0. The zero-order valence-electron chi connectivity index (χ0n) is 16.7. The minimum Gasteiger partial charge on any atom is -0.485 e. The van der Waals surface area contributed by atoms with Gasteiger partial charge in [0.25, 0.3) is 0 Å². The van der Waals surface area contributed by atoms with Gasteiger partial charge in [-0.1, -0.05) is 30.3 Å². The average Bonchev–Trinajstić information content (AvgIpc) is 2.73. The largest absolute Gasteiger partial charge is 0.485 e. The summed E-state index contributed by atoms with van der Waals surface area (Å²) < 4.78 is 45.2. The number of piperidine rings is 1. The third-order valence-corrected chi connectivity index (χ3v) is 5.78. The number of likely N-dealkylation sites (tertiary alicyclic amines) is 1. The van der Waals surface area contributed by atoms with Crippen LogP contribution in [0.1, 0.15) is 43.4 Å². The molecule has 29 heavy (non-hydrogen) atoms. The summed E-state index contributed by atoms with van der Waals surface area (Å²) in [7, 11) is 0. The fraction of sp³-hybridized carbons (Fsp3) is 0.478. The molecule has 0 aromatic heterocycles. The van der Waals surface area contributed by atoms with Crippen LogP contribution < -0.4 is 10.5 Å². The second-order valence-electron chi connectivity index (χ2n) is 7.77. The minimum atomic E-state index is -4.33. The SMILES string of the molecule is CC(CCN)N1CCC([C@@H](Oc2ccccc2)c2ccc(C(F)(F)F)cc2)CC1. The van der Waals surface area contributed by atoms with Gasteiger partial charge in [0.2, 0.25) is 0 Å². The summed E-state index contributed by atoms with van der Waals surface area (Å²) in [4.78, 5) is 2.44. The van der Waals surface area contributed by atoms with Crippen LogP contribution >= 0.6 is 0 Å². The number of alkyl halides is 3. The molecule has 3 rings (SSSR count). The molecule has 0 spiro atoms. The van der Waals surface area contributed by atoms with Gasteiger partial charge in [0.1, 0.15) is 11.9 Å². The van der Waals surface area contributed by atoms with E-state index in [9.17, 15) is 13.2 Å². The van der Waals surface area contributed by atoms with E-state index in [0.717, 1.165) is 55.8 Å². The van der Waals surface area contributed by atoms with Crippen LogP contribution in [0.15, 0.2) is 54.6 Å². The highest BCUT2D eigenvalue weighted by Crippen LogP contribution is 2.37. The van der Waals surface area contributed by atoms with E-state index in [0.29, 0.717) is 12.6 Å². The van der Waals surface area contributed by atoms with Crippen molar-refractivity contribution in [3.8, 4) is 5.75 Å². The lowest BCUT2D eigenvalue weighted by Gasteiger charge is -2.39. The van der Waals surface area contributed by atoms with Gasteiger partial charge in [-0.2, -0.15) is 13.2 Å². The smallest absolute Gasteiger partial charge is 0.416 e. The summed E-state index contributed by atoms with van der Waals surface area (Å²) in [5.41, 5.74) is 5.84. The number of benzene rings is 2. The van der Waals surface area contributed by atoms with Crippen molar-refractivity contribution in [1.82, 2.24) is 4.90 Å². The molecule has 1 unspecified atom stereocenters. The van der Waals surface area contributed by atoms with Crippen LogP contribution in [-0.2, 0) is 6.18 Å². The van der Waals surface area contributed by atoms with Crippen molar-refractivity contribution in [3.05, 3.63) is 65.7 Å². The van der Waals surface area contributed by atoms with Gasteiger partial charge in [-0.25, -0.2) is 0 Å². The number of halogens is 3. The number of para-hydroxylation sites is 1. The fourth-order valence-electron chi connectivity index (χ4n) is 4.03. The molecule has 1 fully saturated rings. The number of nitrogens with zero attached hydrogens (tertiary/aromatic N) is 1. The molecule has 1 heterocycles. The first-order chi connectivity index (χ1) is 13.9. The predicted octanol–water partition coefficient (Wildman–Crippen LogP) is 5.27. The first kappa shape index (κ1) is 21.7. The molecular weight excluding hydrogens is 377 g/mol. The van der Waals surface area contributed by atoms with E-state index >= 15 is 0 Å². The summed E-state index contributed by atoms with van der Waals surface area (Å²) in [5.74, 6) is 0.976. The van der Waals surface area contributed by atoms with E-state index in [-0.39, 0.29) is 12.0 Å². The van der Waals surface area contributed by atoms with E-state index in [1.165, 1.54) is 0 Å². The van der Waals surface area contributed by atoms with Crippen molar-refractivity contribution in [3.63, 3.8) is 0 Å². The van der Waals surface area contributed by atoms with Crippen LogP contribution in [-0.4, -0.2) is 30.6 Å². The van der Waals surface area contributed by atoms with Gasteiger partial charge in [0, 0.05) is 12.0 Å². The van der Waals surface area contributed by atoms with E-state index in [1.807, 2.05) is 30.3 Å². The van der Waals surface area contributed by atoms with E-state index in [1.54, 1.807) is 12.1 Å². The molecule has 0 amide bonds. The standard InChI is InChI=1S/C23H29F3N2O/c1-17(11-14-27)28-15-12-19(13-16-28)22(29-21-5-3-2-4-6-21)18-7-9-20(10-8-18)23(24,25)26/h2-10,17,19,22H,11-16,27H2,1H3/t17?,22-/m0/s1. The molecule has 1 saturated heterocycles. The van der Waals surface area contributed by atoms with Gasteiger partial charge in [-0.15, -0.1) is 0 Å². The van der Waals surface area contributed by atoms with Gasteiger partial charge in [0.05, 0.1) is 5.56 Å². The van der Waals surface area contributed by atoms with Crippen molar-refractivity contribution in [2.75, 3.05) is 19.6 Å². The number of hydrogen-bond donors (Lipinski definition) is 1. The lowest BCUT2D eigenvalue weighted by atomic mass is 9.86. The molecule has 0 bridgehead atoms. The van der Waals surface area contributed by atoms with Crippen LogP contribution in [0.3, 0.4) is 0 Å². The molecule has 1 aliphatic heterocycles. The van der Waals surface area contributed by atoms with Crippen LogP contribution in [0, 0.1) is 5.92 Å². The Balaban J connectivity index is 1.77. The molecule has 2 aromatic rings. The van der Waals surface area contributed by atoms with Crippen LogP contribution in [0.4, 0.5) is 13.2 Å². The summed E-state index contributed by atoms with van der Waals surface area (Å²) in [6.45, 7) is 4.76. The van der Waals surface area contributed by atoms with Gasteiger partial charge < -0.3 is 15.4 Å². The Morgan fingerprint density at radius 3 is 2.21 bits per heavy atom. The molecule has 158 valence electrons. The highest BCUT2D eigenvalue weighted by molar-refractivity contribution is 5.29. The Kier molecular flexibility index (Phi) is 7.19. The molecule has 3 nitrogen and oxygen atoms in total. The monoisotopic (exact) mass is 406 g/mol. The predicted molar refractivity (Wildman–Crippen MR) is 109 cm³/mol. The summed E-state index contributed by atoms with van der Waals surface area (Å²) >= 11 is 0. The van der Waals surface area contributed by atoms with Gasteiger partial charge in [-0.3, -0.25) is 0 Å².